The number of aliphatic imine (C=N–C) groups is 1. The minimum absolute atomic E-state index is 0.0753. The van der Waals surface area contributed by atoms with Crippen molar-refractivity contribution in [2.75, 3.05) is 16.8 Å². The van der Waals surface area contributed by atoms with Gasteiger partial charge in [-0.25, -0.2) is 0 Å². The Morgan fingerprint density at radius 1 is 0.714 bits per heavy atom. The number of hydrogen-bond donors (Lipinski definition) is 0. The Morgan fingerprint density at radius 2 is 1.38 bits per heavy atom. The van der Waals surface area contributed by atoms with Gasteiger partial charge in [0.15, 0.2) is 0 Å². The van der Waals surface area contributed by atoms with Crippen LogP contribution in [0.1, 0.15) is 35.3 Å². The molecule has 204 valence electrons. The van der Waals surface area contributed by atoms with Crippen LogP contribution in [0.5, 0.6) is 0 Å². The molecule has 2 aliphatic rings. The predicted molar refractivity (Wildman–Crippen MR) is 175 cm³/mol. The van der Waals surface area contributed by atoms with E-state index >= 15 is 0 Å². The summed E-state index contributed by atoms with van der Waals surface area (Å²) in [6, 6.07) is 41.4. The van der Waals surface area contributed by atoms with Crippen LogP contribution in [-0.2, 0) is 5.41 Å². The van der Waals surface area contributed by atoms with Crippen LogP contribution in [0.4, 0.5) is 17.1 Å². The smallest absolute Gasteiger partial charge is 0.212 e. The van der Waals surface area contributed by atoms with Gasteiger partial charge in [-0.05, 0) is 52.7 Å². The van der Waals surface area contributed by atoms with E-state index in [2.05, 4.69) is 110 Å². The molecule has 0 saturated heterocycles. The molecule has 1 heterocycles. The highest BCUT2D eigenvalue weighted by Gasteiger charge is 2.38. The van der Waals surface area contributed by atoms with Gasteiger partial charge in [-0.3, -0.25) is 9.79 Å². The summed E-state index contributed by atoms with van der Waals surface area (Å²) in [6.45, 7) is 4.41. The number of para-hydroxylation sites is 2. The number of benzene rings is 5. The molecule has 1 aliphatic heterocycles. The fraction of sp³-hybridized carbons (Fsp3) is 0.105. The summed E-state index contributed by atoms with van der Waals surface area (Å²) in [4.78, 5) is 23.2. The summed E-state index contributed by atoms with van der Waals surface area (Å²) in [7, 11) is 2.07. The van der Waals surface area contributed by atoms with Crippen molar-refractivity contribution in [3.05, 3.63) is 156 Å². The molecule has 7 rings (SSSR count). The lowest BCUT2D eigenvalue weighted by atomic mass is 9.84. The van der Waals surface area contributed by atoms with Gasteiger partial charge in [0.25, 0.3) is 0 Å². The van der Waals surface area contributed by atoms with E-state index < -0.39 is 0 Å². The molecule has 0 atom stereocenters. The van der Waals surface area contributed by atoms with E-state index in [9.17, 15) is 4.79 Å². The number of nitrogens with zero attached hydrogens (tertiary/aromatic N) is 3. The van der Waals surface area contributed by atoms with Crippen LogP contribution in [0.15, 0.2) is 144 Å². The molecule has 5 aromatic rings. The fourth-order valence-electron chi connectivity index (χ4n) is 6.28. The summed E-state index contributed by atoms with van der Waals surface area (Å²) in [5, 5.41) is 2.34. The Hall–Kier alpha value is -5.22. The first-order chi connectivity index (χ1) is 20.4. The molecule has 0 bridgehead atoms. The number of rotatable bonds is 4. The summed E-state index contributed by atoms with van der Waals surface area (Å²) in [6.07, 6.45) is 3.82. The summed E-state index contributed by atoms with van der Waals surface area (Å²) < 4.78 is 0. The van der Waals surface area contributed by atoms with Gasteiger partial charge >= 0.3 is 0 Å². The van der Waals surface area contributed by atoms with Crippen LogP contribution in [0.3, 0.4) is 0 Å². The highest BCUT2D eigenvalue weighted by Crippen LogP contribution is 2.46. The maximum atomic E-state index is 13.9. The molecule has 0 N–H and O–H groups in total. The quantitative estimate of drug-likeness (QED) is 0.226. The third-order valence-corrected chi connectivity index (χ3v) is 8.47. The van der Waals surface area contributed by atoms with E-state index in [4.69, 9.17) is 4.99 Å². The molecule has 4 heteroatoms. The first-order valence-corrected chi connectivity index (χ1v) is 14.2. The van der Waals surface area contributed by atoms with Crippen molar-refractivity contribution in [3.8, 4) is 0 Å². The van der Waals surface area contributed by atoms with Gasteiger partial charge in [-0.15, -0.1) is 0 Å². The highest BCUT2D eigenvalue weighted by atomic mass is 16.1. The predicted octanol–water partition coefficient (Wildman–Crippen LogP) is 8.93. The van der Waals surface area contributed by atoms with Crippen LogP contribution in [0, 0.1) is 0 Å². The molecule has 5 aromatic carbocycles. The third-order valence-electron chi connectivity index (χ3n) is 8.47. The Labute approximate surface area is 246 Å². The lowest BCUT2D eigenvalue weighted by Gasteiger charge is -2.31. The van der Waals surface area contributed by atoms with Gasteiger partial charge < -0.3 is 9.80 Å². The molecule has 0 radical (unpaired) electrons. The highest BCUT2D eigenvalue weighted by molar-refractivity contribution is 6.53. The minimum Gasteiger partial charge on any atom is -0.346 e. The number of likely N-dealkylation sites (N-methyl/N-ethyl adjacent to an activating group) is 1. The molecule has 42 heavy (non-hydrogen) atoms. The van der Waals surface area contributed by atoms with Crippen LogP contribution < -0.4 is 9.80 Å². The van der Waals surface area contributed by atoms with Crippen molar-refractivity contribution in [3.63, 3.8) is 0 Å². The van der Waals surface area contributed by atoms with Gasteiger partial charge in [-0.1, -0.05) is 105 Å². The molecule has 1 aliphatic carbocycles. The Kier molecular flexibility index (Phi) is 6.13. The Bertz CT molecular complexity index is 1950. The van der Waals surface area contributed by atoms with Gasteiger partial charge in [0.05, 0.1) is 5.70 Å². The summed E-state index contributed by atoms with van der Waals surface area (Å²) in [5.74, 6) is -0.0753. The summed E-state index contributed by atoms with van der Waals surface area (Å²) in [5.41, 5.74) is 8.11. The van der Waals surface area contributed by atoms with Gasteiger partial charge in [0, 0.05) is 52.5 Å². The number of carbonyl (C=O) groups is 1. The van der Waals surface area contributed by atoms with E-state index in [0.29, 0.717) is 11.3 Å². The maximum Gasteiger partial charge on any atom is 0.212 e. The molecule has 0 unspecified atom stereocenters. The third kappa shape index (κ3) is 4.15. The number of hydrogen-bond acceptors (Lipinski definition) is 4. The first-order valence-electron chi connectivity index (χ1n) is 14.2. The van der Waals surface area contributed by atoms with Crippen LogP contribution in [-0.4, -0.2) is 18.5 Å². The van der Waals surface area contributed by atoms with Crippen molar-refractivity contribution in [2.45, 2.75) is 19.3 Å². The van der Waals surface area contributed by atoms with Gasteiger partial charge in [-0.2, -0.15) is 0 Å². The molecular weight excluding hydrogens is 514 g/mol. The van der Waals surface area contributed by atoms with Crippen molar-refractivity contribution in [2.24, 2.45) is 4.99 Å². The first kappa shape index (κ1) is 25.7. The SMILES string of the molecule is CN1/C(=C\N=C2C=C(N(c3ccccc3)c3ccc4ccccc4c3)c3ccccc3C2=O)C(C)(C)c2ccccc21. The standard InChI is InChI=1S/C38H31N3O/c1-38(2)32-19-11-12-20-34(32)40(3)36(38)25-39-33-24-35(30-17-9-10-18-31(30)37(33)42)41(28-15-5-4-6-16-28)29-22-21-26-13-7-8-14-27(26)23-29/h4-25H,1-3H3/b36-25-,39-33?. The molecular formula is C38H31N3O. The molecule has 0 spiro atoms. The molecule has 4 nitrogen and oxygen atoms in total. The minimum atomic E-state index is -0.237. The van der Waals surface area contributed by atoms with Crippen molar-refractivity contribution >= 4 is 45.0 Å². The Morgan fingerprint density at radius 3 is 2.17 bits per heavy atom. The second-order valence-corrected chi connectivity index (χ2v) is 11.3. The van der Waals surface area contributed by atoms with Crippen LogP contribution in [0.2, 0.25) is 0 Å². The fourth-order valence-corrected chi connectivity index (χ4v) is 6.28. The average Bonchev–Trinajstić information content (AvgIpc) is 3.22. The number of anilines is 3. The zero-order chi connectivity index (χ0) is 28.8. The molecule has 0 amide bonds. The number of ketones is 1. The molecule has 0 fully saturated rings. The van der Waals surface area contributed by atoms with Crippen LogP contribution in [0.25, 0.3) is 16.5 Å². The zero-order valence-electron chi connectivity index (χ0n) is 24.0. The second-order valence-electron chi connectivity index (χ2n) is 11.3. The Balaban J connectivity index is 1.41. The number of fused-ring (bicyclic) bond motifs is 3. The summed E-state index contributed by atoms with van der Waals surface area (Å²) >= 11 is 0. The second kappa shape index (κ2) is 10.0. The molecule has 0 aromatic heterocycles. The zero-order valence-corrected chi connectivity index (χ0v) is 24.0. The molecule has 0 saturated carbocycles. The van der Waals surface area contributed by atoms with Gasteiger partial charge in [0.2, 0.25) is 5.78 Å². The van der Waals surface area contributed by atoms with E-state index in [1.807, 2.05) is 54.7 Å². The number of Topliss-reactive ketones (excluding diaryl/α,β-unsaturated/α-hetero) is 1. The number of allylic oxidation sites excluding steroid dienone is 2. The van der Waals surface area contributed by atoms with Gasteiger partial charge in [0.1, 0.15) is 5.71 Å². The van der Waals surface area contributed by atoms with Crippen molar-refractivity contribution in [1.82, 2.24) is 0 Å². The largest absolute Gasteiger partial charge is 0.346 e. The monoisotopic (exact) mass is 545 g/mol. The van der Waals surface area contributed by atoms with E-state index in [0.717, 1.165) is 39.4 Å². The van der Waals surface area contributed by atoms with E-state index in [1.54, 1.807) is 0 Å². The van der Waals surface area contributed by atoms with E-state index in [1.165, 1.54) is 10.9 Å². The van der Waals surface area contributed by atoms with E-state index in [-0.39, 0.29) is 11.2 Å². The van der Waals surface area contributed by atoms with Crippen LogP contribution >= 0.6 is 0 Å². The number of carbonyl (C=O) groups excluding carboxylic acids is 1. The topological polar surface area (TPSA) is 35.9 Å². The normalized spacial score (nSPS) is 17.4. The lowest BCUT2D eigenvalue weighted by molar-refractivity contribution is 0.106. The van der Waals surface area contributed by atoms with Crippen molar-refractivity contribution in [1.29, 1.82) is 0 Å². The lowest BCUT2D eigenvalue weighted by Crippen LogP contribution is -2.26. The maximum absolute atomic E-state index is 13.9. The average molecular weight is 546 g/mol. The van der Waals surface area contributed by atoms with Crippen molar-refractivity contribution < 1.29 is 4.79 Å².